The Hall–Kier alpha value is -0.360. The molecule has 0 aliphatic rings. The Morgan fingerprint density at radius 3 is 2.78 bits per heavy atom. The third-order valence-corrected chi connectivity index (χ3v) is 3.72. The van der Waals surface area contributed by atoms with Gasteiger partial charge in [-0.05, 0) is 73.4 Å². The van der Waals surface area contributed by atoms with Crippen LogP contribution in [0.15, 0.2) is 22.7 Å². The summed E-state index contributed by atoms with van der Waals surface area (Å²) in [6.07, 6.45) is 1.05. The number of thiocarbonyl (C=S) groups is 1. The van der Waals surface area contributed by atoms with Gasteiger partial charge in [0.05, 0.1) is 5.02 Å². The van der Waals surface area contributed by atoms with Crippen molar-refractivity contribution in [2.24, 2.45) is 0 Å². The van der Waals surface area contributed by atoms with Crippen LogP contribution < -0.4 is 10.6 Å². The highest BCUT2D eigenvalue weighted by Crippen LogP contribution is 2.25. The Morgan fingerprint density at radius 1 is 1.44 bits per heavy atom. The lowest BCUT2D eigenvalue weighted by molar-refractivity contribution is 0.400. The van der Waals surface area contributed by atoms with Gasteiger partial charge in [0, 0.05) is 16.7 Å². The average molecular weight is 351 g/mol. The maximum Gasteiger partial charge on any atom is 0.170 e. The summed E-state index contributed by atoms with van der Waals surface area (Å²) in [4.78, 5) is 2.15. The van der Waals surface area contributed by atoms with E-state index in [1.807, 2.05) is 18.2 Å². The molecule has 3 nitrogen and oxygen atoms in total. The van der Waals surface area contributed by atoms with Gasteiger partial charge in [0.15, 0.2) is 5.11 Å². The van der Waals surface area contributed by atoms with Crippen LogP contribution in [0.3, 0.4) is 0 Å². The molecule has 1 aromatic carbocycles. The van der Waals surface area contributed by atoms with Crippen molar-refractivity contribution in [2.75, 3.05) is 32.5 Å². The predicted octanol–water partition coefficient (Wildman–Crippen LogP) is 3.34. The second-order valence-electron chi connectivity index (χ2n) is 4.17. The van der Waals surface area contributed by atoms with Crippen LogP contribution in [-0.4, -0.2) is 37.2 Å². The summed E-state index contributed by atoms with van der Waals surface area (Å²) in [7, 11) is 4.11. The van der Waals surface area contributed by atoms with Crippen LogP contribution in [0.5, 0.6) is 0 Å². The topological polar surface area (TPSA) is 27.3 Å². The van der Waals surface area contributed by atoms with Gasteiger partial charge >= 0.3 is 0 Å². The maximum atomic E-state index is 6.00. The number of anilines is 1. The quantitative estimate of drug-likeness (QED) is 0.629. The first-order chi connectivity index (χ1) is 8.49. The van der Waals surface area contributed by atoms with Gasteiger partial charge in [0.25, 0.3) is 0 Å². The van der Waals surface area contributed by atoms with Gasteiger partial charge < -0.3 is 15.5 Å². The smallest absolute Gasteiger partial charge is 0.170 e. The summed E-state index contributed by atoms with van der Waals surface area (Å²) < 4.78 is 0.875. The second kappa shape index (κ2) is 7.94. The van der Waals surface area contributed by atoms with E-state index in [9.17, 15) is 0 Å². The molecular weight excluding hydrogens is 334 g/mol. The highest BCUT2D eigenvalue weighted by atomic mass is 79.9. The SMILES string of the molecule is CN(C)CCCNC(=S)Nc1ccc(Br)c(Cl)c1. The second-order valence-corrected chi connectivity index (χ2v) is 5.84. The lowest BCUT2D eigenvalue weighted by Gasteiger charge is -2.13. The fraction of sp³-hybridized carbons (Fsp3) is 0.417. The van der Waals surface area contributed by atoms with Crippen LogP contribution in [0, 0.1) is 0 Å². The molecule has 0 aliphatic heterocycles. The molecule has 0 aliphatic carbocycles. The van der Waals surface area contributed by atoms with Crippen LogP contribution in [-0.2, 0) is 0 Å². The number of nitrogens with zero attached hydrogens (tertiary/aromatic N) is 1. The molecule has 0 radical (unpaired) electrons. The molecule has 0 aromatic heterocycles. The predicted molar refractivity (Wildman–Crippen MR) is 86.5 cm³/mol. The average Bonchev–Trinajstić information content (AvgIpc) is 2.29. The Morgan fingerprint density at radius 2 is 2.17 bits per heavy atom. The van der Waals surface area contributed by atoms with E-state index < -0.39 is 0 Å². The number of nitrogens with one attached hydrogen (secondary N) is 2. The molecule has 6 heteroatoms. The van der Waals surface area contributed by atoms with E-state index in [-0.39, 0.29) is 0 Å². The fourth-order valence-corrected chi connectivity index (χ4v) is 1.99. The molecule has 0 saturated heterocycles. The lowest BCUT2D eigenvalue weighted by Crippen LogP contribution is -2.30. The zero-order valence-electron chi connectivity index (χ0n) is 10.5. The zero-order chi connectivity index (χ0) is 13.5. The van der Waals surface area contributed by atoms with Crippen molar-refractivity contribution in [1.29, 1.82) is 0 Å². The monoisotopic (exact) mass is 349 g/mol. The third kappa shape index (κ3) is 6.00. The number of hydrogen-bond acceptors (Lipinski definition) is 2. The van der Waals surface area contributed by atoms with E-state index >= 15 is 0 Å². The van der Waals surface area contributed by atoms with Crippen molar-refractivity contribution in [2.45, 2.75) is 6.42 Å². The molecule has 1 aromatic rings. The van der Waals surface area contributed by atoms with Gasteiger partial charge in [0.2, 0.25) is 0 Å². The van der Waals surface area contributed by atoms with Gasteiger partial charge in [-0.15, -0.1) is 0 Å². The van der Waals surface area contributed by atoms with Crippen molar-refractivity contribution in [3.05, 3.63) is 27.7 Å². The summed E-state index contributed by atoms with van der Waals surface area (Å²) in [5, 5.41) is 7.54. The van der Waals surface area contributed by atoms with Gasteiger partial charge in [-0.25, -0.2) is 0 Å². The molecule has 1 rings (SSSR count). The van der Waals surface area contributed by atoms with Gasteiger partial charge in [-0.2, -0.15) is 0 Å². The normalized spacial score (nSPS) is 10.5. The third-order valence-electron chi connectivity index (χ3n) is 2.25. The molecule has 0 amide bonds. The minimum Gasteiger partial charge on any atom is -0.362 e. The molecule has 0 saturated carbocycles. The summed E-state index contributed by atoms with van der Waals surface area (Å²) in [6.45, 7) is 1.90. The van der Waals surface area contributed by atoms with Crippen LogP contribution >= 0.6 is 39.7 Å². The van der Waals surface area contributed by atoms with E-state index in [4.69, 9.17) is 23.8 Å². The summed E-state index contributed by atoms with van der Waals surface area (Å²) >= 11 is 14.6. The molecule has 0 fully saturated rings. The first-order valence-electron chi connectivity index (χ1n) is 5.63. The standard InChI is InChI=1S/C12H17BrClN3S/c1-17(2)7-3-6-15-12(18)16-9-4-5-10(13)11(14)8-9/h4-5,8H,3,6-7H2,1-2H3,(H2,15,16,18). The van der Waals surface area contributed by atoms with Crippen LogP contribution in [0.4, 0.5) is 5.69 Å². The summed E-state index contributed by atoms with van der Waals surface area (Å²) in [5.74, 6) is 0. The van der Waals surface area contributed by atoms with Crippen molar-refractivity contribution < 1.29 is 0 Å². The molecule has 18 heavy (non-hydrogen) atoms. The van der Waals surface area contributed by atoms with Gasteiger partial charge in [-0.3, -0.25) is 0 Å². The molecule has 100 valence electrons. The Bertz CT molecular complexity index is 412. The number of benzene rings is 1. The van der Waals surface area contributed by atoms with Gasteiger partial charge in [0.1, 0.15) is 0 Å². The van der Waals surface area contributed by atoms with Crippen LogP contribution in [0.2, 0.25) is 5.02 Å². The number of hydrogen-bond donors (Lipinski definition) is 2. The maximum absolute atomic E-state index is 6.00. The van der Waals surface area contributed by atoms with E-state index in [1.165, 1.54) is 0 Å². The van der Waals surface area contributed by atoms with Crippen molar-refractivity contribution in [1.82, 2.24) is 10.2 Å². The molecule has 0 heterocycles. The van der Waals surface area contributed by atoms with Crippen molar-refractivity contribution in [3.8, 4) is 0 Å². The van der Waals surface area contributed by atoms with E-state index in [2.05, 4.69) is 45.6 Å². The Labute approximate surface area is 127 Å². The lowest BCUT2D eigenvalue weighted by atomic mass is 10.3. The molecule has 0 unspecified atom stereocenters. The molecule has 0 bridgehead atoms. The van der Waals surface area contributed by atoms with Crippen LogP contribution in [0.1, 0.15) is 6.42 Å². The Balaban J connectivity index is 2.33. The molecule has 0 spiro atoms. The van der Waals surface area contributed by atoms with E-state index in [0.717, 1.165) is 29.7 Å². The Kier molecular flexibility index (Phi) is 6.92. The van der Waals surface area contributed by atoms with Gasteiger partial charge in [-0.1, -0.05) is 11.6 Å². The molecular formula is C12H17BrClN3S. The number of rotatable bonds is 5. The first kappa shape index (κ1) is 15.7. The minimum atomic E-state index is 0.618. The summed E-state index contributed by atoms with van der Waals surface area (Å²) in [6, 6.07) is 5.64. The first-order valence-corrected chi connectivity index (χ1v) is 7.21. The highest BCUT2D eigenvalue weighted by Gasteiger charge is 2.01. The van der Waals surface area contributed by atoms with E-state index in [0.29, 0.717) is 10.1 Å². The van der Waals surface area contributed by atoms with Crippen molar-refractivity contribution in [3.63, 3.8) is 0 Å². The minimum absolute atomic E-state index is 0.618. The molecule has 0 atom stereocenters. The zero-order valence-corrected chi connectivity index (χ0v) is 13.6. The fourth-order valence-electron chi connectivity index (χ4n) is 1.35. The highest BCUT2D eigenvalue weighted by molar-refractivity contribution is 9.10. The van der Waals surface area contributed by atoms with E-state index in [1.54, 1.807) is 0 Å². The summed E-state index contributed by atoms with van der Waals surface area (Å²) in [5.41, 5.74) is 0.883. The number of halogens is 2. The molecule has 2 N–H and O–H groups in total. The largest absolute Gasteiger partial charge is 0.362 e. The van der Waals surface area contributed by atoms with Crippen LogP contribution in [0.25, 0.3) is 0 Å². The van der Waals surface area contributed by atoms with Crippen molar-refractivity contribution >= 4 is 50.5 Å².